The van der Waals surface area contributed by atoms with Gasteiger partial charge < -0.3 is 24.0 Å². The van der Waals surface area contributed by atoms with E-state index in [1.54, 1.807) is 43.6 Å². The van der Waals surface area contributed by atoms with E-state index < -0.39 is 5.97 Å². The fourth-order valence-corrected chi connectivity index (χ4v) is 3.30. The summed E-state index contributed by atoms with van der Waals surface area (Å²) in [4.78, 5) is 36.6. The first-order valence-electron chi connectivity index (χ1n) is 9.77. The summed E-state index contributed by atoms with van der Waals surface area (Å²) in [5.41, 5.74) is 0.847. The number of carbonyl (C=O) groups excluding carboxylic acids is 2. The summed E-state index contributed by atoms with van der Waals surface area (Å²) in [5.74, 6) is 1.24. The van der Waals surface area contributed by atoms with Crippen molar-refractivity contribution in [2.75, 3.05) is 51.9 Å². The molecule has 1 fully saturated rings. The summed E-state index contributed by atoms with van der Waals surface area (Å²) in [6.45, 7) is 2.10. The molecule has 9 nitrogen and oxygen atoms in total. The van der Waals surface area contributed by atoms with Gasteiger partial charge in [0.15, 0.2) is 18.1 Å². The Kier molecular flexibility index (Phi) is 7.42. The van der Waals surface area contributed by atoms with Crippen LogP contribution in [0.4, 0.5) is 5.95 Å². The lowest BCUT2D eigenvalue weighted by Gasteiger charge is -2.34. The lowest BCUT2D eigenvalue weighted by molar-refractivity contribution is -0.152. The Morgan fingerprint density at radius 1 is 1.00 bits per heavy atom. The molecule has 0 bridgehead atoms. The third-order valence-corrected chi connectivity index (χ3v) is 4.91. The first kappa shape index (κ1) is 21.4. The average molecular weight is 414 g/mol. The van der Waals surface area contributed by atoms with Gasteiger partial charge in [-0.15, -0.1) is 0 Å². The van der Waals surface area contributed by atoms with Crippen molar-refractivity contribution in [1.29, 1.82) is 0 Å². The molecule has 1 saturated heterocycles. The van der Waals surface area contributed by atoms with Crippen LogP contribution in [0.2, 0.25) is 0 Å². The molecular formula is C21H26N4O5. The number of ether oxygens (including phenoxy) is 3. The van der Waals surface area contributed by atoms with Crippen molar-refractivity contribution in [3.8, 4) is 11.5 Å². The van der Waals surface area contributed by atoms with Crippen LogP contribution in [0.15, 0.2) is 36.7 Å². The minimum absolute atomic E-state index is 0.149. The number of benzene rings is 1. The molecule has 1 aromatic heterocycles. The van der Waals surface area contributed by atoms with Gasteiger partial charge in [0.05, 0.1) is 14.2 Å². The average Bonchev–Trinajstić information content (AvgIpc) is 2.81. The summed E-state index contributed by atoms with van der Waals surface area (Å²) in [6, 6.07) is 7.27. The number of methoxy groups -OCH3 is 2. The van der Waals surface area contributed by atoms with Crippen LogP contribution in [0.25, 0.3) is 0 Å². The predicted octanol–water partition coefficient (Wildman–Crippen LogP) is 1.32. The minimum Gasteiger partial charge on any atom is -0.493 e. The number of anilines is 1. The van der Waals surface area contributed by atoms with E-state index in [1.807, 2.05) is 17.0 Å². The number of aryl methyl sites for hydroxylation is 1. The van der Waals surface area contributed by atoms with Crippen molar-refractivity contribution >= 4 is 17.8 Å². The second kappa shape index (κ2) is 10.4. The van der Waals surface area contributed by atoms with E-state index in [-0.39, 0.29) is 18.9 Å². The van der Waals surface area contributed by atoms with Gasteiger partial charge in [-0.2, -0.15) is 0 Å². The number of hydrogen-bond donors (Lipinski definition) is 0. The smallest absolute Gasteiger partial charge is 0.306 e. The van der Waals surface area contributed by atoms with E-state index in [9.17, 15) is 9.59 Å². The van der Waals surface area contributed by atoms with Crippen LogP contribution in [-0.2, 0) is 20.7 Å². The van der Waals surface area contributed by atoms with Gasteiger partial charge in [-0.3, -0.25) is 9.59 Å². The Morgan fingerprint density at radius 2 is 1.73 bits per heavy atom. The largest absolute Gasteiger partial charge is 0.493 e. The van der Waals surface area contributed by atoms with E-state index in [0.29, 0.717) is 50.0 Å². The number of esters is 1. The number of carbonyl (C=O) groups is 2. The molecule has 2 aromatic rings. The molecule has 0 saturated carbocycles. The number of amides is 1. The van der Waals surface area contributed by atoms with E-state index >= 15 is 0 Å². The number of nitrogens with zero attached hydrogens (tertiary/aromatic N) is 4. The molecule has 0 atom stereocenters. The molecule has 3 rings (SSSR count). The minimum atomic E-state index is -0.426. The summed E-state index contributed by atoms with van der Waals surface area (Å²) >= 11 is 0. The highest BCUT2D eigenvalue weighted by Gasteiger charge is 2.23. The monoisotopic (exact) mass is 414 g/mol. The molecule has 2 heterocycles. The molecule has 160 valence electrons. The van der Waals surface area contributed by atoms with Crippen LogP contribution in [0.3, 0.4) is 0 Å². The Bertz CT molecular complexity index is 854. The van der Waals surface area contributed by atoms with Crippen LogP contribution in [0.1, 0.15) is 12.0 Å². The molecule has 0 N–H and O–H groups in total. The predicted molar refractivity (Wildman–Crippen MR) is 110 cm³/mol. The molecule has 0 spiro atoms. The fraction of sp³-hybridized carbons (Fsp3) is 0.429. The van der Waals surface area contributed by atoms with E-state index in [2.05, 4.69) is 9.97 Å². The molecule has 1 aliphatic heterocycles. The molecule has 0 unspecified atom stereocenters. The van der Waals surface area contributed by atoms with Crippen molar-refractivity contribution in [1.82, 2.24) is 14.9 Å². The normalized spacial score (nSPS) is 13.7. The van der Waals surface area contributed by atoms with Gasteiger partial charge in [0.1, 0.15) is 0 Å². The Hall–Kier alpha value is -3.36. The quantitative estimate of drug-likeness (QED) is 0.597. The Balaban J connectivity index is 1.42. The van der Waals surface area contributed by atoms with E-state index in [4.69, 9.17) is 14.2 Å². The number of piperazine rings is 1. The van der Waals surface area contributed by atoms with Crippen molar-refractivity contribution in [3.63, 3.8) is 0 Å². The highest BCUT2D eigenvalue weighted by molar-refractivity contribution is 5.81. The van der Waals surface area contributed by atoms with E-state index in [1.165, 1.54) is 0 Å². The lowest BCUT2D eigenvalue weighted by Crippen LogP contribution is -2.50. The number of para-hydroxylation sites is 1. The molecule has 9 heteroatoms. The van der Waals surface area contributed by atoms with Crippen LogP contribution in [0.5, 0.6) is 11.5 Å². The number of aromatic nitrogens is 2. The van der Waals surface area contributed by atoms with Gasteiger partial charge in [-0.05, 0) is 24.1 Å². The maximum absolute atomic E-state index is 12.4. The molecule has 0 radical (unpaired) electrons. The van der Waals surface area contributed by atoms with Gasteiger partial charge in [-0.1, -0.05) is 12.1 Å². The van der Waals surface area contributed by atoms with Crippen LogP contribution >= 0.6 is 0 Å². The van der Waals surface area contributed by atoms with Gasteiger partial charge in [0, 0.05) is 45.0 Å². The van der Waals surface area contributed by atoms with Gasteiger partial charge in [-0.25, -0.2) is 9.97 Å². The Labute approximate surface area is 175 Å². The molecule has 1 aliphatic rings. The molecule has 1 aromatic carbocycles. The van der Waals surface area contributed by atoms with Crippen molar-refractivity contribution in [3.05, 3.63) is 42.2 Å². The highest BCUT2D eigenvalue weighted by Crippen LogP contribution is 2.31. The standard InChI is InChI=1S/C21H26N4O5/c1-28-17-6-3-5-16(20(17)29-2)7-8-19(27)30-15-18(26)24-11-13-25(14-12-24)21-22-9-4-10-23-21/h3-6,9-10H,7-8,11-15H2,1-2H3. The summed E-state index contributed by atoms with van der Waals surface area (Å²) < 4.78 is 15.8. The second-order valence-electron chi connectivity index (χ2n) is 6.73. The third-order valence-electron chi connectivity index (χ3n) is 4.91. The zero-order valence-electron chi connectivity index (χ0n) is 17.2. The topological polar surface area (TPSA) is 94.1 Å². The van der Waals surface area contributed by atoms with Crippen LogP contribution < -0.4 is 14.4 Å². The molecular weight excluding hydrogens is 388 g/mol. The van der Waals surface area contributed by atoms with Gasteiger partial charge in [0.25, 0.3) is 5.91 Å². The summed E-state index contributed by atoms with van der Waals surface area (Å²) in [6.07, 6.45) is 3.97. The van der Waals surface area contributed by atoms with Crippen molar-refractivity contribution < 1.29 is 23.8 Å². The number of rotatable bonds is 8. The van der Waals surface area contributed by atoms with E-state index in [0.717, 1.165) is 5.56 Å². The molecule has 30 heavy (non-hydrogen) atoms. The lowest BCUT2D eigenvalue weighted by atomic mass is 10.1. The highest BCUT2D eigenvalue weighted by atomic mass is 16.5. The SMILES string of the molecule is COc1cccc(CCC(=O)OCC(=O)N2CCN(c3ncccn3)CC2)c1OC. The van der Waals surface area contributed by atoms with Gasteiger partial charge in [0.2, 0.25) is 5.95 Å². The maximum Gasteiger partial charge on any atom is 0.306 e. The van der Waals surface area contributed by atoms with Crippen molar-refractivity contribution in [2.24, 2.45) is 0 Å². The first-order valence-corrected chi connectivity index (χ1v) is 9.77. The second-order valence-corrected chi connectivity index (χ2v) is 6.73. The maximum atomic E-state index is 12.4. The Morgan fingerprint density at radius 3 is 2.40 bits per heavy atom. The van der Waals surface area contributed by atoms with Crippen LogP contribution in [0, 0.1) is 0 Å². The third kappa shape index (κ3) is 5.37. The fourth-order valence-electron chi connectivity index (χ4n) is 3.30. The molecule has 0 aliphatic carbocycles. The zero-order chi connectivity index (χ0) is 21.3. The summed E-state index contributed by atoms with van der Waals surface area (Å²) in [7, 11) is 3.12. The molecule has 1 amide bonds. The van der Waals surface area contributed by atoms with Gasteiger partial charge >= 0.3 is 5.97 Å². The number of hydrogen-bond acceptors (Lipinski definition) is 8. The summed E-state index contributed by atoms with van der Waals surface area (Å²) in [5, 5.41) is 0. The zero-order valence-corrected chi connectivity index (χ0v) is 17.2. The first-order chi connectivity index (χ1) is 14.6. The van der Waals surface area contributed by atoms with Crippen LogP contribution in [-0.4, -0.2) is 73.7 Å². The van der Waals surface area contributed by atoms with Crippen molar-refractivity contribution in [2.45, 2.75) is 12.8 Å².